The maximum atomic E-state index is 6.41. The predicted molar refractivity (Wildman–Crippen MR) is 144 cm³/mol. The van der Waals surface area contributed by atoms with Crippen molar-refractivity contribution in [2.45, 2.75) is 52.6 Å². The summed E-state index contributed by atoms with van der Waals surface area (Å²) in [4.78, 5) is 13.7. The van der Waals surface area contributed by atoms with Gasteiger partial charge in [-0.3, -0.25) is 0 Å². The van der Waals surface area contributed by atoms with Crippen molar-refractivity contribution >= 4 is 16.9 Å². The Morgan fingerprint density at radius 1 is 0.914 bits per heavy atom. The zero-order valence-electron chi connectivity index (χ0n) is 21.1. The number of hydrogen-bond donors (Lipinski definition) is 1. The zero-order chi connectivity index (χ0) is 24.8. The summed E-state index contributed by atoms with van der Waals surface area (Å²) >= 11 is 1.75. The molecule has 6 heteroatoms. The third kappa shape index (κ3) is 4.78. The van der Waals surface area contributed by atoms with Gasteiger partial charge in [0, 0.05) is 51.4 Å². The fourth-order valence-electron chi connectivity index (χ4n) is 4.18. The van der Waals surface area contributed by atoms with Crippen LogP contribution in [-0.4, -0.2) is 26.4 Å². The van der Waals surface area contributed by atoms with E-state index in [0.717, 1.165) is 50.2 Å². The summed E-state index contributed by atoms with van der Waals surface area (Å²) in [6.45, 7) is 12.8. The van der Waals surface area contributed by atoms with Crippen LogP contribution in [0.15, 0.2) is 60.1 Å². The highest BCUT2D eigenvalue weighted by Gasteiger charge is 2.46. The Labute approximate surface area is 211 Å². The molecule has 0 saturated carbocycles. The molecule has 2 aliphatic rings. The number of nitrogens with zero attached hydrogens (tertiary/aromatic N) is 3. The number of aromatic nitrogens is 2. The number of nitrogens with one attached hydrogen (secondary N) is 1. The molecule has 35 heavy (non-hydrogen) atoms. The summed E-state index contributed by atoms with van der Waals surface area (Å²) < 4.78 is 6.41. The Morgan fingerprint density at radius 2 is 1.60 bits per heavy atom. The Bertz CT molecular complexity index is 1370. The van der Waals surface area contributed by atoms with Gasteiger partial charge in [0.25, 0.3) is 0 Å². The molecule has 1 aromatic heterocycles. The van der Waals surface area contributed by atoms with E-state index in [1.807, 2.05) is 30.6 Å². The molecule has 0 fully saturated rings. The van der Waals surface area contributed by atoms with Gasteiger partial charge >= 0.3 is 0 Å². The van der Waals surface area contributed by atoms with Crippen molar-refractivity contribution in [1.82, 2.24) is 15.3 Å². The first-order valence-corrected chi connectivity index (χ1v) is 12.8. The molecule has 0 amide bonds. The Balaban J connectivity index is 1.69. The first-order valence-electron chi connectivity index (χ1n) is 11.8. The van der Waals surface area contributed by atoms with E-state index in [0.29, 0.717) is 0 Å². The third-order valence-electron chi connectivity index (χ3n) is 5.74. The number of thioether (sulfide) groups is 1. The lowest BCUT2D eigenvalue weighted by molar-refractivity contribution is 0.415. The highest BCUT2D eigenvalue weighted by atomic mass is 32.2. The van der Waals surface area contributed by atoms with Crippen molar-refractivity contribution in [1.29, 1.82) is 0 Å². The molecule has 3 heterocycles. The van der Waals surface area contributed by atoms with Crippen molar-refractivity contribution in [3.63, 3.8) is 0 Å². The van der Waals surface area contributed by atoms with Crippen LogP contribution in [0.1, 0.15) is 58.2 Å². The van der Waals surface area contributed by atoms with Crippen LogP contribution in [-0.2, 0) is 5.54 Å². The molecule has 2 aromatic carbocycles. The molecular formula is C29H30N4OS. The van der Waals surface area contributed by atoms with Gasteiger partial charge in [0.1, 0.15) is 23.4 Å². The van der Waals surface area contributed by atoms with Crippen LogP contribution in [0, 0.1) is 17.3 Å². The molecule has 5 rings (SSSR count). The molecule has 1 N–H and O–H groups in total. The maximum Gasteiger partial charge on any atom is 0.158 e. The first-order chi connectivity index (χ1) is 16.5. The summed E-state index contributed by atoms with van der Waals surface area (Å²) in [5.41, 5.74) is 4.32. The van der Waals surface area contributed by atoms with Crippen molar-refractivity contribution in [3.8, 4) is 34.5 Å². The van der Waals surface area contributed by atoms with Crippen LogP contribution in [0.3, 0.4) is 0 Å². The fourth-order valence-corrected chi connectivity index (χ4v) is 5.50. The molecule has 1 spiro atoms. The van der Waals surface area contributed by atoms with E-state index in [-0.39, 0.29) is 11.0 Å². The summed E-state index contributed by atoms with van der Waals surface area (Å²) in [6.07, 6.45) is 5.21. The van der Waals surface area contributed by atoms with E-state index >= 15 is 0 Å². The minimum atomic E-state index is -0.577. The molecule has 0 aliphatic carbocycles. The minimum absolute atomic E-state index is 0.0749. The van der Waals surface area contributed by atoms with Gasteiger partial charge in [0.2, 0.25) is 0 Å². The van der Waals surface area contributed by atoms with Gasteiger partial charge in [-0.05, 0) is 77.4 Å². The maximum absolute atomic E-state index is 6.41. The third-order valence-corrected chi connectivity index (χ3v) is 6.77. The van der Waals surface area contributed by atoms with Crippen LogP contribution in [0.25, 0.3) is 11.1 Å². The number of rotatable bonds is 1. The Hall–Kier alpha value is -3.30. The first kappa shape index (κ1) is 23.4. The van der Waals surface area contributed by atoms with Crippen LogP contribution >= 0.6 is 11.8 Å². The SMILES string of the molecule is CC(C)(C)C#Cc1ccc2c(c1)C1(CSC(NC(C)(C)C)=N1)c1cc(-c3cncnc3)ccc1O2. The summed E-state index contributed by atoms with van der Waals surface area (Å²) in [5, 5.41) is 4.52. The molecule has 1 atom stereocenters. The number of amidine groups is 1. The molecule has 1 unspecified atom stereocenters. The van der Waals surface area contributed by atoms with E-state index in [9.17, 15) is 0 Å². The lowest BCUT2D eigenvalue weighted by atomic mass is 9.80. The summed E-state index contributed by atoms with van der Waals surface area (Å²) in [6, 6.07) is 12.5. The van der Waals surface area contributed by atoms with Gasteiger partial charge in [-0.1, -0.05) is 29.7 Å². The van der Waals surface area contributed by atoms with Gasteiger partial charge in [-0.15, -0.1) is 0 Å². The number of ether oxygens (including phenoxy) is 1. The molecule has 0 radical (unpaired) electrons. The average molecular weight is 483 g/mol. The van der Waals surface area contributed by atoms with Crippen LogP contribution in [0.2, 0.25) is 0 Å². The van der Waals surface area contributed by atoms with E-state index in [4.69, 9.17) is 9.73 Å². The average Bonchev–Trinajstić information content (AvgIpc) is 3.20. The van der Waals surface area contributed by atoms with Gasteiger partial charge in [-0.25, -0.2) is 15.0 Å². The summed E-state index contributed by atoms with van der Waals surface area (Å²) in [7, 11) is 0. The molecule has 0 saturated heterocycles. The highest BCUT2D eigenvalue weighted by molar-refractivity contribution is 8.14. The lowest BCUT2D eigenvalue weighted by Gasteiger charge is -2.35. The van der Waals surface area contributed by atoms with Crippen molar-refractivity contribution < 1.29 is 4.74 Å². The molecule has 178 valence electrons. The standard InChI is InChI=1S/C29H30N4OS/c1-27(2,3)12-11-19-7-9-24-22(13-19)29(17-35-26(33-29)32-28(4,5)6)23-14-20(8-10-25(23)34-24)21-15-30-18-31-16-21/h7-10,13-16,18H,17H2,1-6H3,(H,32,33). The van der Waals surface area contributed by atoms with Crippen molar-refractivity contribution in [2.24, 2.45) is 10.4 Å². The van der Waals surface area contributed by atoms with Gasteiger partial charge < -0.3 is 10.1 Å². The highest BCUT2D eigenvalue weighted by Crippen LogP contribution is 2.54. The van der Waals surface area contributed by atoms with Crippen LogP contribution in [0.5, 0.6) is 11.5 Å². The topological polar surface area (TPSA) is 59.4 Å². The molecule has 5 nitrogen and oxygen atoms in total. The second-order valence-electron chi connectivity index (χ2n) is 11.1. The largest absolute Gasteiger partial charge is 0.457 e. The number of fused-ring (bicyclic) bond motifs is 4. The van der Waals surface area contributed by atoms with E-state index in [1.54, 1.807) is 18.1 Å². The predicted octanol–water partition coefficient (Wildman–Crippen LogP) is 6.38. The normalized spacial score (nSPS) is 18.6. The lowest BCUT2D eigenvalue weighted by Crippen LogP contribution is -2.39. The second kappa shape index (κ2) is 8.42. The second-order valence-corrected chi connectivity index (χ2v) is 12.1. The van der Waals surface area contributed by atoms with E-state index in [1.165, 1.54) is 0 Å². The molecule has 0 bridgehead atoms. The summed E-state index contributed by atoms with van der Waals surface area (Å²) in [5.74, 6) is 9.15. The molecular weight excluding hydrogens is 452 g/mol. The van der Waals surface area contributed by atoms with E-state index < -0.39 is 5.54 Å². The van der Waals surface area contributed by atoms with Gasteiger partial charge in [0.05, 0.1) is 0 Å². The monoisotopic (exact) mass is 482 g/mol. The number of hydrogen-bond acceptors (Lipinski definition) is 6. The molecule has 3 aromatic rings. The quantitative estimate of drug-likeness (QED) is 0.408. The Kier molecular flexibility index (Phi) is 5.64. The zero-order valence-corrected chi connectivity index (χ0v) is 21.9. The van der Waals surface area contributed by atoms with Crippen LogP contribution in [0.4, 0.5) is 0 Å². The van der Waals surface area contributed by atoms with Crippen molar-refractivity contribution in [3.05, 3.63) is 71.8 Å². The number of benzene rings is 2. The van der Waals surface area contributed by atoms with Crippen LogP contribution < -0.4 is 10.1 Å². The fraction of sp³-hybridized carbons (Fsp3) is 0.345. The minimum Gasteiger partial charge on any atom is -0.457 e. The Morgan fingerprint density at radius 3 is 2.29 bits per heavy atom. The van der Waals surface area contributed by atoms with Crippen molar-refractivity contribution in [2.75, 3.05) is 5.75 Å². The smallest absolute Gasteiger partial charge is 0.158 e. The number of aliphatic imine (C=N–C) groups is 1. The van der Waals surface area contributed by atoms with Gasteiger partial charge in [0.15, 0.2) is 5.17 Å². The van der Waals surface area contributed by atoms with E-state index in [2.05, 4.69) is 86.9 Å². The molecule has 2 aliphatic heterocycles. The van der Waals surface area contributed by atoms with Gasteiger partial charge in [-0.2, -0.15) is 0 Å².